The molecule has 11 amide bonds. The summed E-state index contributed by atoms with van der Waals surface area (Å²) < 4.78 is 12.3. The number of unbranched alkanes of at least 4 members (excludes halogenated alkanes) is 1. The van der Waals surface area contributed by atoms with E-state index in [-0.39, 0.29) is 146 Å². The highest BCUT2D eigenvalue weighted by molar-refractivity contribution is 6.11. The monoisotopic (exact) mass is 1470 g/mol. The Morgan fingerprint density at radius 1 is 0.598 bits per heavy atom. The first-order valence-corrected chi connectivity index (χ1v) is 34.7. The molecule has 6 aromatic carbocycles. The van der Waals surface area contributed by atoms with Crippen molar-refractivity contribution in [3.8, 4) is 34.5 Å². The number of likely N-dealkylation sites (N-methyl/N-ethyl adjacent to an activating group) is 1. The molecule has 0 saturated carbocycles. The lowest BCUT2D eigenvalue weighted by Gasteiger charge is -2.36. The van der Waals surface area contributed by atoms with Crippen LogP contribution >= 0.6 is 0 Å². The number of aromatic hydroxyl groups is 4. The Hall–Kier alpha value is -12.6. The standard InChI is InChI=1S/C75H86N14O18/c1-87(64(96)31-18-41-14-20-45(90)21-15-41)59(36-43-16-22-46(91)23-17-43)69(101)86-55(35-42-9-3-2-4-10-42)67(99)83-53(29-30-62(77)94)66(98)85-56(40-63(78)95)68(100)84-54(11-7-33-82-74(80)81)71(103)88-34-8-13-58(88)72(104)89(57(65(79)97)12-5-6-32-76)70(102)44-19-26-50-49(37-44)73(105)107-75(50)51-27-24-47(92)38-60(51)106-61-39-48(93)25-28-52(61)75/h2-4,9-10,14-17,19-28,37-39,53-59,90-93H,5-8,11-13,18,29-36,40,76H2,1H3,(H2,77,94)(H2,78,95)(H2,79,97)(H,83,99)(H,84,100)(H,85,98)(H,86,101)(H4,80,81,82)/t53-,54-,55-,56-,57-,58-,59+/m0/s1. The number of amides is 11. The summed E-state index contributed by atoms with van der Waals surface area (Å²) in [5.41, 5.74) is 29.0. The summed E-state index contributed by atoms with van der Waals surface area (Å²) in [4.78, 5) is 175. The minimum atomic E-state index is -1.95. The molecule has 20 N–H and O–H groups in total. The fourth-order valence-corrected chi connectivity index (χ4v) is 13.3. The summed E-state index contributed by atoms with van der Waals surface area (Å²) >= 11 is 0. The van der Waals surface area contributed by atoms with E-state index < -0.39 is 144 Å². The fraction of sp³-hybridized carbons (Fsp3) is 0.347. The van der Waals surface area contributed by atoms with Crippen LogP contribution in [0.5, 0.6) is 34.5 Å². The molecule has 0 aliphatic carbocycles. The number of carbonyl (C=O) groups excluding carboxylic acids is 12. The molecule has 564 valence electrons. The molecule has 3 aliphatic rings. The van der Waals surface area contributed by atoms with Crippen molar-refractivity contribution in [2.24, 2.45) is 28.7 Å². The number of fused-ring (bicyclic) bond motifs is 6. The lowest BCUT2D eigenvalue weighted by Crippen LogP contribution is -2.61. The van der Waals surface area contributed by atoms with Crippen molar-refractivity contribution < 1.29 is 87.4 Å². The third-order valence-electron chi connectivity index (χ3n) is 18.8. The highest BCUT2D eigenvalue weighted by atomic mass is 16.6. The van der Waals surface area contributed by atoms with Crippen molar-refractivity contribution in [1.82, 2.24) is 41.3 Å². The van der Waals surface area contributed by atoms with Crippen LogP contribution in [0.1, 0.15) is 125 Å². The van der Waals surface area contributed by atoms with Crippen molar-refractivity contribution in [1.29, 1.82) is 5.41 Å². The van der Waals surface area contributed by atoms with Gasteiger partial charge in [-0.15, -0.1) is 0 Å². The topological polar surface area (TPSA) is 528 Å². The van der Waals surface area contributed by atoms with Crippen LogP contribution in [0.3, 0.4) is 0 Å². The second kappa shape index (κ2) is 35.2. The highest BCUT2D eigenvalue weighted by Gasteiger charge is 2.54. The Labute approximate surface area is 614 Å². The number of carbonyl (C=O) groups is 12. The largest absolute Gasteiger partial charge is 0.508 e. The number of hydrogen-bond donors (Lipinski definition) is 15. The first-order chi connectivity index (χ1) is 51.1. The Kier molecular flexibility index (Phi) is 25.9. The number of guanidine groups is 1. The number of nitrogens with two attached hydrogens (primary N) is 5. The second-order valence-corrected chi connectivity index (χ2v) is 26.3. The number of hydrogen-bond acceptors (Lipinski definition) is 20. The summed E-state index contributed by atoms with van der Waals surface area (Å²) in [5.74, 6) is -12.7. The quantitative estimate of drug-likeness (QED) is 0.00890. The third kappa shape index (κ3) is 19.2. The van der Waals surface area contributed by atoms with Crippen LogP contribution in [0.25, 0.3) is 0 Å². The number of imide groups is 1. The van der Waals surface area contributed by atoms with E-state index >= 15 is 14.4 Å². The van der Waals surface area contributed by atoms with Crippen molar-refractivity contribution in [2.75, 3.05) is 26.7 Å². The van der Waals surface area contributed by atoms with Gasteiger partial charge in [-0.1, -0.05) is 60.7 Å². The van der Waals surface area contributed by atoms with Crippen LogP contribution in [-0.4, -0.2) is 181 Å². The summed E-state index contributed by atoms with van der Waals surface area (Å²) in [7, 11) is 1.41. The number of nitrogens with one attached hydrogen (secondary N) is 6. The van der Waals surface area contributed by atoms with Gasteiger partial charge in [0.1, 0.15) is 76.8 Å². The van der Waals surface area contributed by atoms with Crippen LogP contribution in [0.4, 0.5) is 0 Å². The number of esters is 1. The summed E-state index contributed by atoms with van der Waals surface area (Å²) in [6, 6.07) is 21.2. The van der Waals surface area contributed by atoms with Gasteiger partial charge in [0.15, 0.2) is 11.6 Å². The lowest BCUT2D eigenvalue weighted by molar-refractivity contribution is -0.147. The molecule has 1 fully saturated rings. The van der Waals surface area contributed by atoms with Crippen LogP contribution in [0, 0.1) is 5.41 Å². The Balaban J connectivity index is 0.977. The number of ether oxygens (including phenoxy) is 2. The molecule has 107 heavy (non-hydrogen) atoms. The molecule has 32 heteroatoms. The summed E-state index contributed by atoms with van der Waals surface area (Å²) in [6.07, 6.45) is -2.19. The van der Waals surface area contributed by atoms with E-state index in [1.54, 1.807) is 54.6 Å². The molecule has 7 atom stereocenters. The van der Waals surface area contributed by atoms with E-state index in [1.165, 1.54) is 90.8 Å². The summed E-state index contributed by atoms with van der Waals surface area (Å²) in [5, 5.41) is 61.4. The van der Waals surface area contributed by atoms with E-state index in [0.29, 0.717) is 22.4 Å². The molecular weight excluding hydrogens is 1380 g/mol. The molecule has 0 unspecified atom stereocenters. The van der Waals surface area contributed by atoms with Gasteiger partial charge >= 0.3 is 5.97 Å². The number of phenols is 4. The minimum absolute atomic E-state index is 0.0185. The molecule has 1 saturated heterocycles. The van der Waals surface area contributed by atoms with Gasteiger partial charge in [-0.05, 0) is 142 Å². The van der Waals surface area contributed by atoms with E-state index in [9.17, 15) is 63.6 Å². The molecule has 9 rings (SSSR count). The zero-order chi connectivity index (χ0) is 77.4. The van der Waals surface area contributed by atoms with E-state index in [4.69, 9.17) is 43.6 Å². The van der Waals surface area contributed by atoms with E-state index in [2.05, 4.69) is 26.6 Å². The van der Waals surface area contributed by atoms with E-state index in [0.717, 1.165) is 10.5 Å². The molecule has 1 spiro atoms. The van der Waals surface area contributed by atoms with Crippen LogP contribution in [0.15, 0.2) is 133 Å². The maximum Gasteiger partial charge on any atom is 0.340 e. The molecule has 6 aromatic rings. The molecule has 32 nitrogen and oxygen atoms in total. The first-order valence-electron chi connectivity index (χ1n) is 34.7. The predicted octanol–water partition coefficient (Wildman–Crippen LogP) is 1.31. The van der Waals surface area contributed by atoms with Crippen LogP contribution in [0.2, 0.25) is 0 Å². The SMILES string of the molecule is CN(C(=O)CCc1ccc(O)cc1)[C@H](Cc1ccc(O)cc1)C(=O)N[C@@H](Cc1ccccc1)C(=O)N[C@@H](CCC(N)=O)C(=O)N[C@@H](CC(N)=O)C(=O)N[C@@H](CCCNC(=N)N)C(=O)N1CCC[C@H]1C(=O)N(C(=O)c1ccc2c(c1)C(=O)OC21c2ccc(O)cc2Oc2cc(O)ccc21)[C@@H](CCCCN)C(N)=O. The van der Waals surface area contributed by atoms with Gasteiger partial charge in [-0.25, -0.2) is 4.79 Å². The van der Waals surface area contributed by atoms with Crippen molar-refractivity contribution in [3.63, 3.8) is 0 Å². The highest BCUT2D eigenvalue weighted by Crippen LogP contribution is 2.57. The number of benzene rings is 6. The van der Waals surface area contributed by atoms with Gasteiger partial charge in [0, 0.05) is 80.2 Å². The maximum absolute atomic E-state index is 15.5. The zero-order valence-corrected chi connectivity index (χ0v) is 58.5. The van der Waals surface area contributed by atoms with Gasteiger partial charge in [-0.3, -0.25) is 63.0 Å². The van der Waals surface area contributed by atoms with Gasteiger partial charge in [0.05, 0.1) is 12.0 Å². The smallest absolute Gasteiger partial charge is 0.340 e. The fourth-order valence-electron chi connectivity index (χ4n) is 13.3. The average molecular weight is 1470 g/mol. The van der Waals surface area contributed by atoms with Gasteiger partial charge in [0.2, 0.25) is 53.2 Å². The predicted molar refractivity (Wildman–Crippen MR) is 384 cm³/mol. The molecule has 3 heterocycles. The normalized spacial score (nSPS) is 15.3. The summed E-state index contributed by atoms with van der Waals surface area (Å²) in [6.45, 7) is -0.0839. The lowest BCUT2D eigenvalue weighted by atomic mass is 9.77. The minimum Gasteiger partial charge on any atom is -0.508 e. The van der Waals surface area contributed by atoms with Gasteiger partial charge in [0.25, 0.3) is 11.8 Å². The second-order valence-electron chi connectivity index (χ2n) is 26.3. The van der Waals surface area contributed by atoms with Crippen molar-refractivity contribution in [2.45, 2.75) is 138 Å². The Bertz CT molecular complexity index is 4320. The zero-order valence-electron chi connectivity index (χ0n) is 58.5. The third-order valence-corrected chi connectivity index (χ3v) is 18.8. The number of likely N-dealkylation sites (tertiary alicyclic amines) is 1. The number of primary amides is 3. The van der Waals surface area contributed by atoms with Gasteiger partial charge in [-0.2, -0.15) is 0 Å². The Morgan fingerprint density at radius 2 is 1.17 bits per heavy atom. The number of aryl methyl sites for hydroxylation is 1. The molecular formula is C75H86N14O18. The van der Waals surface area contributed by atoms with Crippen molar-refractivity contribution >= 4 is 76.9 Å². The molecule has 0 radical (unpaired) electrons. The molecule has 3 aliphatic heterocycles. The van der Waals surface area contributed by atoms with Crippen molar-refractivity contribution in [3.05, 3.63) is 178 Å². The number of phenolic OH excluding ortho intramolecular Hbond substituents is 4. The van der Waals surface area contributed by atoms with E-state index in [1.807, 2.05) is 0 Å². The number of rotatable bonds is 34. The molecule has 0 bridgehead atoms. The first kappa shape index (κ1) is 78.5. The van der Waals surface area contributed by atoms with Crippen LogP contribution in [-0.2, 0) is 77.5 Å². The van der Waals surface area contributed by atoms with Gasteiger partial charge < -0.3 is 95.0 Å². The Morgan fingerprint density at radius 3 is 1.78 bits per heavy atom. The average Bonchev–Trinajstić information content (AvgIpc) is 1.59. The maximum atomic E-state index is 15.5. The van der Waals surface area contributed by atoms with Crippen LogP contribution < -0.4 is 60.0 Å². The molecule has 0 aromatic heterocycles. The number of nitrogens with zero attached hydrogens (tertiary/aromatic N) is 3.